The first kappa shape index (κ1) is 13.9. The van der Waals surface area contributed by atoms with Gasteiger partial charge >= 0.3 is 5.97 Å². The predicted octanol–water partition coefficient (Wildman–Crippen LogP) is 1.92. The van der Waals surface area contributed by atoms with Crippen molar-refractivity contribution in [1.29, 1.82) is 0 Å². The molecule has 0 aliphatic carbocycles. The van der Waals surface area contributed by atoms with Gasteiger partial charge < -0.3 is 4.74 Å². The highest BCUT2D eigenvalue weighted by Crippen LogP contribution is 2.26. The van der Waals surface area contributed by atoms with Crippen LogP contribution in [0.15, 0.2) is 28.9 Å². The van der Waals surface area contributed by atoms with E-state index in [-0.39, 0.29) is 24.8 Å². The van der Waals surface area contributed by atoms with Gasteiger partial charge in [-0.3, -0.25) is 14.5 Å². The zero-order valence-electron chi connectivity index (χ0n) is 11.2. The molecule has 1 aliphatic heterocycles. The Kier molecular flexibility index (Phi) is 3.59. The predicted molar refractivity (Wildman–Crippen MR) is 79.7 cm³/mol. The maximum atomic E-state index is 12.0. The smallest absolute Gasteiger partial charge is 0.311 e. The number of carbonyl (C=O) groups is 2. The van der Waals surface area contributed by atoms with Gasteiger partial charge in [-0.2, -0.15) is 0 Å². The lowest BCUT2D eigenvalue weighted by Gasteiger charge is -2.14. The molecule has 0 bridgehead atoms. The number of rotatable bonds is 2. The van der Waals surface area contributed by atoms with Crippen LogP contribution in [-0.4, -0.2) is 35.5 Å². The number of methoxy groups -OCH3 is 1. The van der Waals surface area contributed by atoms with E-state index in [1.54, 1.807) is 6.20 Å². The van der Waals surface area contributed by atoms with Crippen LogP contribution in [0.1, 0.15) is 6.42 Å². The van der Waals surface area contributed by atoms with Crippen molar-refractivity contribution < 1.29 is 14.3 Å². The number of fused-ring (bicyclic) bond motifs is 1. The topological polar surface area (TPSA) is 72.4 Å². The third-order valence-electron chi connectivity index (χ3n) is 3.46. The first-order valence-corrected chi connectivity index (χ1v) is 7.19. The van der Waals surface area contributed by atoms with E-state index in [1.165, 1.54) is 12.0 Å². The molecule has 1 saturated heterocycles. The standard InChI is InChI=1S/C14H12BrN3O3/c1-21-13(20)8-5-12(19)18(7-8)14-16-6-9-10(15)3-2-4-11(9)17-14/h2-4,6,8H,5,7H2,1H3. The van der Waals surface area contributed by atoms with E-state index >= 15 is 0 Å². The summed E-state index contributed by atoms with van der Waals surface area (Å²) in [5, 5.41) is 0.873. The molecule has 7 heteroatoms. The SMILES string of the molecule is COC(=O)C1CC(=O)N(c2ncc3c(Br)cccc3n2)C1. The second-order valence-corrected chi connectivity index (χ2v) is 5.63. The van der Waals surface area contributed by atoms with Crippen molar-refractivity contribution in [3.63, 3.8) is 0 Å². The van der Waals surface area contributed by atoms with Crippen LogP contribution in [0.2, 0.25) is 0 Å². The third kappa shape index (κ3) is 2.49. The fourth-order valence-electron chi connectivity index (χ4n) is 2.37. The zero-order valence-corrected chi connectivity index (χ0v) is 12.8. The molecule has 2 heterocycles. The molecule has 1 aliphatic rings. The number of anilines is 1. The van der Waals surface area contributed by atoms with Crippen molar-refractivity contribution in [2.45, 2.75) is 6.42 Å². The number of esters is 1. The summed E-state index contributed by atoms with van der Waals surface area (Å²) in [5.41, 5.74) is 0.740. The first-order valence-electron chi connectivity index (χ1n) is 6.39. The van der Waals surface area contributed by atoms with E-state index in [1.807, 2.05) is 18.2 Å². The van der Waals surface area contributed by atoms with Gasteiger partial charge in [0.05, 0.1) is 18.5 Å². The summed E-state index contributed by atoms with van der Waals surface area (Å²) in [5.74, 6) is -0.685. The number of hydrogen-bond acceptors (Lipinski definition) is 5. The summed E-state index contributed by atoms with van der Waals surface area (Å²) < 4.78 is 5.58. The van der Waals surface area contributed by atoms with Gasteiger partial charge in [0.2, 0.25) is 11.9 Å². The van der Waals surface area contributed by atoms with E-state index in [0.717, 1.165) is 15.4 Å². The zero-order chi connectivity index (χ0) is 15.0. The molecule has 0 saturated carbocycles. The largest absolute Gasteiger partial charge is 0.469 e. The average molecular weight is 350 g/mol. The summed E-state index contributed by atoms with van der Waals surface area (Å²) in [6.07, 6.45) is 1.80. The van der Waals surface area contributed by atoms with Crippen molar-refractivity contribution in [1.82, 2.24) is 9.97 Å². The molecule has 1 unspecified atom stereocenters. The van der Waals surface area contributed by atoms with Gasteiger partial charge in [-0.15, -0.1) is 0 Å². The van der Waals surface area contributed by atoms with E-state index in [4.69, 9.17) is 0 Å². The first-order chi connectivity index (χ1) is 10.1. The molecule has 1 aromatic carbocycles. The number of nitrogens with zero attached hydrogens (tertiary/aromatic N) is 3. The van der Waals surface area contributed by atoms with Crippen LogP contribution in [-0.2, 0) is 14.3 Å². The van der Waals surface area contributed by atoms with E-state index in [2.05, 4.69) is 30.6 Å². The molecule has 21 heavy (non-hydrogen) atoms. The Labute approximate surface area is 129 Å². The summed E-state index contributed by atoms with van der Waals surface area (Å²) in [4.78, 5) is 33.6. The van der Waals surface area contributed by atoms with Crippen LogP contribution in [0.4, 0.5) is 5.95 Å². The van der Waals surface area contributed by atoms with Crippen LogP contribution in [0.25, 0.3) is 10.9 Å². The lowest BCUT2D eigenvalue weighted by Crippen LogP contribution is -2.27. The summed E-state index contributed by atoms with van der Waals surface area (Å²) in [6, 6.07) is 5.62. The van der Waals surface area contributed by atoms with Crippen molar-refractivity contribution in [2.75, 3.05) is 18.6 Å². The quantitative estimate of drug-likeness (QED) is 0.774. The molecule has 0 N–H and O–H groups in total. The van der Waals surface area contributed by atoms with Crippen LogP contribution < -0.4 is 4.90 Å². The van der Waals surface area contributed by atoms with Crippen molar-refractivity contribution in [3.05, 3.63) is 28.9 Å². The molecule has 6 nitrogen and oxygen atoms in total. The van der Waals surface area contributed by atoms with Gasteiger partial charge in [-0.25, -0.2) is 9.97 Å². The molecule has 1 aromatic heterocycles. The van der Waals surface area contributed by atoms with Crippen LogP contribution in [0, 0.1) is 5.92 Å². The molecule has 1 atom stereocenters. The van der Waals surface area contributed by atoms with Crippen LogP contribution in [0.5, 0.6) is 0 Å². The highest BCUT2D eigenvalue weighted by atomic mass is 79.9. The lowest BCUT2D eigenvalue weighted by molar-refractivity contribution is -0.145. The Balaban J connectivity index is 1.94. The lowest BCUT2D eigenvalue weighted by atomic mass is 10.1. The van der Waals surface area contributed by atoms with Gasteiger partial charge in [0, 0.05) is 29.0 Å². The summed E-state index contributed by atoms with van der Waals surface area (Å²) in [6.45, 7) is 0.255. The van der Waals surface area contributed by atoms with Crippen LogP contribution in [0.3, 0.4) is 0 Å². The fourth-order valence-corrected chi connectivity index (χ4v) is 2.82. The second-order valence-electron chi connectivity index (χ2n) is 4.77. The molecule has 0 radical (unpaired) electrons. The highest BCUT2D eigenvalue weighted by molar-refractivity contribution is 9.10. The van der Waals surface area contributed by atoms with Gasteiger partial charge in [0.1, 0.15) is 0 Å². The van der Waals surface area contributed by atoms with E-state index in [0.29, 0.717) is 5.95 Å². The van der Waals surface area contributed by atoms with Gasteiger partial charge in [0.25, 0.3) is 0 Å². The highest BCUT2D eigenvalue weighted by Gasteiger charge is 2.37. The Morgan fingerprint density at radius 3 is 3.05 bits per heavy atom. The number of aromatic nitrogens is 2. The maximum Gasteiger partial charge on any atom is 0.311 e. The van der Waals surface area contributed by atoms with E-state index < -0.39 is 5.92 Å². The molecule has 2 aromatic rings. The second kappa shape index (κ2) is 5.40. The average Bonchev–Trinajstić information content (AvgIpc) is 2.88. The Morgan fingerprint density at radius 2 is 2.29 bits per heavy atom. The Hall–Kier alpha value is -2.02. The van der Waals surface area contributed by atoms with Gasteiger partial charge in [0.15, 0.2) is 0 Å². The van der Waals surface area contributed by atoms with Crippen LogP contribution >= 0.6 is 15.9 Å². The fraction of sp³-hybridized carbons (Fsp3) is 0.286. The molecule has 1 amide bonds. The molecule has 3 rings (SSSR count). The molecular weight excluding hydrogens is 338 g/mol. The monoisotopic (exact) mass is 349 g/mol. The number of hydrogen-bond donors (Lipinski definition) is 0. The minimum absolute atomic E-state index is 0.132. The number of carbonyl (C=O) groups excluding carboxylic acids is 2. The number of amides is 1. The Morgan fingerprint density at radius 1 is 1.48 bits per heavy atom. The van der Waals surface area contributed by atoms with Crippen molar-refractivity contribution in [2.24, 2.45) is 5.92 Å². The Bertz CT molecular complexity index is 734. The maximum absolute atomic E-state index is 12.0. The van der Waals surface area contributed by atoms with E-state index in [9.17, 15) is 9.59 Å². The van der Waals surface area contributed by atoms with Gasteiger partial charge in [-0.05, 0) is 12.1 Å². The minimum atomic E-state index is -0.454. The summed E-state index contributed by atoms with van der Waals surface area (Å²) in [7, 11) is 1.32. The van der Waals surface area contributed by atoms with Crippen molar-refractivity contribution in [3.8, 4) is 0 Å². The minimum Gasteiger partial charge on any atom is -0.469 e. The molecule has 0 spiro atoms. The molecular formula is C14H12BrN3O3. The normalized spacial score (nSPS) is 18.3. The third-order valence-corrected chi connectivity index (χ3v) is 4.15. The molecule has 1 fully saturated rings. The summed E-state index contributed by atoms with van der Waals surface area (Å²) >= 11 is 3.43. The van der Waals surface area contributed by atoms with Crippen molar-refractivity contribution >= 4 is 44.7 Å². The number of ether oxygens (including phenoxy) is 1. The number of halogens is 1. The van der Waals surface area contributed by atoms with Gasteiger partial charge in [-0.1, -0.05) is 22.0 Å². The molecule has 108 valence electrons. The number of benzene rings is 1.